The monoisotopic (exact) mass is 376 g/mol. The van der Waals surface area contributed by atoms with Gasteiger partial charge in [0.15, 0.2) is 0 Å². The summed E-state index contributed by atoms with van der Waals surface area (Å²) in [7, 11) is 0. The van der Waals surface area contributed by atoms with E-state index in [1.165, 1.54) is 15.6 Å². The number of thiophene rings is 1. The third-order valence-corrected chi connectivity index (χ3v) is 5.57. The van der Waals surface area contributed by atoms with Gasteiger partial charge in [-0.3, -0.25) is 4.79 Å². The predicted molar refractivity (Wildman–Crippen MR) is 112 cm³/mol. The molecule has 3 aromatic heterocycles. The highest BCUT2D eigenvalue weighted by Gasteiger charge is 2.13. The number of rotatable bonds is 6. The van der Waals surface area contributed by atoms with Crippen LogP contribution in [0.3, 0.4) is 0 Å². The second-order valence-corrected chi connectivity index (χ2v) is 7.29. The topological polar surface area (TPSA) is 83.8 Å². The van der Waals surface area contributed by atoms with Crippen molar-refractivity contribution in [2.24, 2.45) is 5.73 Å². The van der Waals surface area contributed by atoms with E-state index in [0.29, 0.717) is 6.54 Å². The van der Waals surface area contributed by atoms with Crippen molar-refractivity contribution in [2.75, 3.05) is 6.54 Å². The predicted octanol–water partition coefficient (Wildman–Crippen LogP) is 3.48. The Hall–Kier alpha value is -2.96. The van der Waals surface area contributed by atoms with E-state index in [4.69, 9.17) is 5.73 Å². The minimum absolute atomic E-state index is 0.107. The summed E-state index contributed by atoms with van der Waals surface area (Å²) in [4.78, 5) is 19.7. The molecule has 4 N–H and O–H groups in total. The van der Waals surface area contributed by atoms with Crippen molar-refractivity contribution in [2.45, 2.75) is 12.5 Å². The van der Waals surface area contributed by atoms with E-state index in [9.17, 15) is 4.79 Å². The first-order valence-electron chi connectivity index (χ1n) is 8.80. The van der Waals surface area contributed by atoms with Crippen molar-refractivity contribution in [3.8, 4) is 0 Å². The number of hydrogen-bond acceptors (Lipinski definition) is 4. The lowest BCUT2D eigenvalue weighted by atomic mass is 10.0. The Balaban J connectivity index is 1.44. The van der Waals surface area contributed by atoms with Crippen LogP contribution in [0.25, 0.3) is 27.2 Å². The number of carbonyl (C=O) groups excluding carboxylic acids is 1. The standard InChI is InChI=1S/C21H20N4OS/c22-11-16(10-15-13-27-19-6-2-1-4-17(15)19)25-20(26)8-7-14-12-24-21-18(14)5-3-9-23-21/h1-9,12-13,16H,10-11,22H2,(H,23,24)(H,25,26)/t16-/m0/s1. The zero-order valence-electron chi connectivity index (χ0n) is 14.7. The third kappa shape index (κ3) is 3.77. The Bertz CT molecular complexity index is 1110. The molecule has 6 heteroatoms. The summed E-state index contributed by atoms with van der Waals surface area (Å²) in [6, 6.07) is 12.0. The van der Waals surface area contributed by atoms with Crippen LogP contribution in [0.15, 0.2) is 60.2 Å². The zero-order chi connectivity index (χ0) is 18.6. The molecule has 0 aliphatic carbocycles. The third-order valence-electron chi connectivity index (χ3n) is 4.56. The van der Waals surface area contributed by atoms with E-state index >= 15 is 0 Å². The van der Waals surface area contributed by atoms with Gasteiger partial charge in [-0.1, -0.05) is 18.2 Å². The number of aromatic amines is 1. The van der Waals surface area contributed by atoms with E-state index in [0.717, 1.165) is 23.0 Å². The number of pyridine rings is 1. The molecule has 5 nitrogen and oxygen atoms in total. The number of amides is 1. The Morgan fingerprint density at radius 3 is 3.00 bits per heavy atom. The van der Waals surface area contributed by atoms with Gasteiger partial charge in [-0.15, -0.1) is 11.3 Å². The Morgan fingerprint density at radius 2 is 2.11 bits per heavy atom. The van der Waals surface area contributed by atoms with Crippen molar-refractivity contribution < 1.29 is 4.79 Å². The van der Waals surface area contributed by atoms with Crippen LogP contribution in [0.1, 0.15) is 11.1 Å². The first kappa shape index (κ1) is 17.5. The summed E-state index contributed by atoms with van der Waals surface area (Å²) in [5.74, 6) is -0.150. The fraction of sp³-hybridized carbons (Fsp3) is 0.143. The molecule has 3 heterocycles. The van der Waals surface area contributed by atoms with Crippen LogP contribution >= 0.6 is 11.3 Å². The average Bonchev–Trinajstić information content (AvgIpc) is 3.30. The molecule has 0 saturated heterocycles. The SMILES string of the molecule is NC[C@H](Cc1csc2ccccc12)NC(=O)C=Cc1c[nH]c2ncccc12. The van der Waals surface area contributed by atoms with E-state index in [1.54, 1.807) is 29.7 Å². The van der Waals surface area contributed by atoms with Crippen LogP contribution in [-0.2, 0) is 11.2 Å². The highest BCUT2D eigenvalue weighted by molar-refractivity contribution is 7.17. The molecule has 1 aromatic carbocycles. The number of carbonyl (C=O) groups is 1. The lowest BCUT2D eigenvalue weighted by Gasteiger charge is -2.15. The van der Waals surface area contributed by atoms with Crippen molar-refractivity contribution in [1.29, 1.82) is 0 Å². The van der Waals surface area contributed by atoms with Crippen LogP contribution in [0.2, 0.25) is 0 Å². The highest BCUT2D eigenvalue weighted by atomic mass is 32.1. The number of nitrogens with zero attached hydrogens (tertiary/aromatic N) is 1. The molecule has 0 bridgehead atoms. The molecule has 0 aliphatic heterocycles. The Labute approximate surface area is 160 Å². The van der Waals surface area contributed by atoms with Crippen molar-refractivity contribution in [1.82, 2.24) is 15.3 Å². The van der Waals surface area contributed by atoms with Gasteiger partial charge in [0.25, 0.3) is 0 Å². The molecule has 27 heavy (non-hydrogen) atoms. The normalized spacial score (nSPS) is 12.8. The number of aromatic nitrogens is 2. The van der Waals surface area contributed by atoms with Crippen LogP contribution < -0.4 is 11.1 Å². The first-order valence-corrected chi connectivity index (χ1v) is 9.68. The van der Waals surface area contributed by atoms with Crippen molar-refractivity contribution >= 4 is 44.4 Å². The van der Waals surface area contributed by atoms with E-state index in [-0.39, 0.29) is 11.9 Å². The van der Waals surface area contributed by atoms with Gasteiger partial charge in [0.05, 0.1) is 0 Å². The zero-order valence-corrected chi connectivity index (χ0v) is 15.5. The molecule has 0 spiro atoms. The number of hydrogen-bond donors (Lipinski definition) is 3. The fourth-order valence-electron chi connectivity index (χ4n) is 3.18. The Kier molecular flexibility index (Phi) is 5.00. The van der Waals surface area contributed by atoms with Crippen LogP contribution in [0.5, 0.6) is 0 Å². The van der Waals surface area contributed by atoms with Crippen LogP contribution in [-0.4, -0.2) is 28.5 Å². The molecule has 1 amide bonds. The quantitative estimate of drug-likeness (QED) is 0.451. The molecule has 4 aromatic rings. The molecule has 0 fully saturated rings. The van der Waals surface area contributed by atoms with Gasteiger partial charge >= 0.3 is 0 Å². The summed E-state index contributed by atoms with van der Waals surface area (Å²) in [5, 5.41) is 7.38. The second kappa shape index (κ2) is 7.73. The highest BCUT2D eigenvalue weighted by Crippen LogP contribution is 2.26. The average molecular weight is 376 g/mol. The lowest BCUT2D eigenvalue weighted by Crippen LogP contribution is -2.40. The van der Waals surface area contributed by atoms with Gasteiger partial charge in [-0.25, -0.2) is 4.98 Å². The lowest BCUT2D eigenvalue weighted by molar-refractivity contribution is -0.117. The molecular weight excluding hydrogens is 356 g/mol. The second-order valence-electron chi connectivity index (χ2n) is 6.38. The summed E-state index contributed by atoms with van der Waals surface area (Å²) < 4.78 is 1.25. The maximum Gasteiger partial charge on any atom is 0.244 e. The molecule has 0 unspecified atom stereocenters. The Morgan fingerprint density at radius 1 is 1.26 bits per heavy atom. The number of benzene rings is 1. The van der Waals surface area contributed by atoms with Gasteiger partial charge in [0.1, 0.15) is 5.65 Å². The minimum atomic E-state index is -0.150. The summed E-state index contributed by atoms with van der Waals surface area (Å²) >= 11 is 1.72. The van der Waals surface area contributed by atoms with Gasteiger partial charge in [0, 0.05) is 46.7 Å². The van der Waals surface area contributed by atoms with Gasteiger partial charge in [-0.05, 0) is 47.0 Å². The summed E-state index contributed by atoms with van der Waals surface area (Å²) in [6.45, 7) is 0.390. The van der Waals surface area contributed by atoms with Gasteiger partial charge in [-0.2, -0.15) is 0 Å². The molecule has 0 radical (unpaired) electrons. The molecular formula is C21H20N4OS. The van der Waals surface area contributed by atoms with E-state index in [2.05, 4.69) is 32.8 Å². The van der Waals surface area contributed by atoms with E-state index in [1.807, 2.05) is 30.5 Å². The molecule has 4 rings (SSSR count). The number of fused-ring (bicyclic) bond motifs is 2. The largest absolute Gasteiger partial charge is 0.348 e. The maximum absolute atomic E-state index is 12.4. The molecule has 136 valence electrons. The van der Waals surface area contributed by atoms with Gasteiger partial charge in [0.2, 0.25) is 5.91 Å². The molecule has 1 atom stereocenters. The first-order chi connectivity index (χ1) is 13.2. The smallest absolute Gasteiger partial charge is 0.244 e. The minimum Gasteiger partial charge on any atom is -0.348 e. The van der Waals surface area contributed by atoms with Crippen molar-refractivity contribution in [3.63, 3.8) is 0 Å². The van der Waals surface area contributed by atoms with Gasteiger partial charge < -0.3 is 16.0 Å². The number of nitrogens with two attached hydrogens (primary N) is 1. The summed E-state index contributed by atoms with van der Waals surface area (Å²) in [6.07, 6.45) is 7.64. The van der Waals surface area contributed by atoms with Crippen LogP contribution in [0, 0.1) is 0 Å². The fourth-order valence-corrected chi connectivity index (χ4v) is 4.16. The maximum atomic E-state index is 12.4. The number of H-pyrrole nitrogens is 1. The molecule has 0 saturated carbocycles. The number of nitrogens with one attached hydrogen (secondary N) is 2. The van der Waals surface area contributed by atoms with Crippen molar-refractivity contribution in [3.05, 3.63) is 71.4 Å². The molecule has 0 aliphatic rings. The van der Waals surface area contributed by atoms with E-state index < -0.39 is 0 Å². The summed E-state index contributed by atoms with van der Waals surface area (Å²) in [5.41, 5.74) is 8.86. The van der Waals surface area contributed by atoms with Crippen LogP contribution in [0.4, 0.5) is 0 Å².